The Hall–Kier alpha value is -1.32. The lowest BCUT2D eigenvalue weighted by Gasteiger charge is -2.28. The van der Waals surface area contributed by atoms with Crippen molar-refractivity contribution < 1.29 is 0 Å². The number of hydrazine groups is 1. The van der Waals surface area contributed by atoms with Crippen LogP contribution in [-0.4, -0.2) is 28.4 Å². The van der Waals surface area contributed by atoms with E-state index < -0.39 is 0 Å². The van der Waals surface area contributed by atoms with Crippen LogP contribution in [0, 0.1) is 16.7 Å². The van der Waals surface area contributed by atoms with Gasteiger partial charge in [0.2, 0.25) is 0 Å². The third-order valence-corrected chi connectivity index (χ3v) is 3.23. The summed E-state index contributed by atoms with van der Waals surface area (Å²) in [6.07, 6.45) is 3.49. The van der Waals surface area contributed by atoms with Crippen molar-refractivity contribution in [1.82, 2.24) is 10.4 Å². The van der Waals surface area contributed by atoms with Gasteiger partial charge in [0.15, 0.2) is 11.0 Å². The summed E-state index contributed by atoms with van der Waals surface area (Å²) < 4.78 is 0. The van der Waals surface area contributed by atoms with Crippen LogP contribution in [0.2, 0.25) is 0 Å². The van der Waals surface area contributed by atoms with E-state index in [1.54, 1.807) is 11.2 Å². The number of hydrogen-bond acceptors (Lipinski definition) is 6. The van der Waals surface area contributed by atoms with Crippen LogP contribution in [0.1, 0.15) is 20.8 Å². The molecule has 0 bridgehead atoms. The van der Waals surface area contributed by atoms with E-state index in [2.05, 4.69) is 42.3 Å². The second-order valence-corrected chi connectivity index (χ2v) is 5.73. The first-order chi connectivity index (χ1) is 7.97. The van der Waals surface area contributed by atoms with Gasteiger partial charge in [-0.05, 0) is 11.7 Å². The minimum Gasteiger partial charge on any atom is -0.244 e. The van der Waals surface area contributed by atoms with Gasteiger partial charge in [-0.25, -0.2) is 20.4 Å². The maximum absolute atomic E-state index is 9.06. The molecule has 0 spiro atoms. The molecule has 0 aromatic carbocycles. The molecule has 2 heterocycles. The van der Waals surface area contributed by atoms with Crippen LogP contribution in [0.5, 0.6) is 0 Å². The molecule has 17 heavy (non-hydrogen) atoms. The molecule has 1 atom stereocenters. The maximum Gasteiger partial charge on any atom is 0.184 e. The molecule has 0 saturated carbocycles. The zero-order chi connectivity index (χ0) is 12.6. The third kappa shape index (κ3) is 2.08. The molecule has 6 heteroatoms. The molecule has 0 saturated heterocycles. The van der Waals surface area contributed by atoms with E-state index in [0.717, 1.165) is 5.17 Å². The molecule has 0 amide bonds. The number of nitriles is 1. The van der Waals surface area contributed by atoms with Gasteiger partial charge in [-0.1, -0.05) is 32.5 Å². The van der Waals surface area contributed by atoms with Crippen molar-refractivity contribution in [3.05, 3.63) is 11.8 Å². The van der Waals surface area contributed by atoms with E-state index in [4.69, 9.17) is 5.26 Å². The number of nitrogens with zero attached hydrogens (tertiary/aromatic N) is 4. The standard InChI is InChI=1S/C11H15N5S/c1-11(2,3)9-14-8-7(5-12)6-13-10(17-4)16(8)15-9/h6,9,15H,1-4H3. The van der Waals surface area contributed by atoms with E-state index >= 15 is 0 Å². The number of hydrogen-bond donors (Lipinski definition) is 1. The first kappa shape index (κ1) is 12.1. The second kappa shape index (κ2) is 4.17. The van der Waals surface area contributed by atoms with Gasteiger partial charge in [0.05, 0.1) is 6.20 Å². The maximum atomic E-state index is 9.06. The second-order valence-electron chi connectivity index (χ2n) is 4.96. The molecular formula is C11H15N5S. The molecule has 0 radical (unpaired) electrons. The fourth-order valence-corrected chi connectivity index (χ4v) is 2.05. The first-order valence-electron chi connectivity index (χ1n) is 5.34. The van der Waals surface area contributed by atoms with E-state index in [9.17, 15) is 0 Å². The highest BCUT2D eigenvalue weighted by atomic mass is 32.2. The van der Waals surface area contributed by atoms with Crippen LogP contribution in [-0.2, 0) is 0 Å². The fourth-order valence-electron chi connectivity index (χ4n) is 1.57. The smallest absolute Gasteiger partial charge is 0.184 e. The average Bonchev–Trinajstić information content (AvgIpc) is 2.72. The SMILES string of the molecule is CSC1=NC=C(C#N)C2=NC(C(C)(C)C)NN12. The Morgan fingerprint density at radius 1 is 1.53 bits per heavy atom. The molecule has 2 aliphatic heterocycles. The lowest BCUT2D eigenvalue weighted by Crippen LogP contribution is -2.48. The molecule has 0 aliphatic carbocycles. The van der Waals surface area contributed by atoms with Gasteiger partial charge in [-0.2, -0.15) is 5.26 Å². The molecule has 5 nitrogen and oxygen atoms in total. The van der Waals surface area contributed by atoms with Crippen molar-refractivity contribution in [1.29, 1.82) is 5.26 Å². The topological polar surface area (TPSA) is 63.8 Å². The minimum absolute atomic E-state index is 0.00553. The number of aliphatic imine (C=N–C) groups is 2. The average molecular weight is 249 g/mol. The highest BCUT2D eigenvalue weighted by Crippen LogP contribution is 2.28. The van der Waals surface area contributed by atoms with Crippen LogP contribution in [0.25, 0.3) is 0 Å². The largest absolute Gasteiger partial charge is 0.244 e. The van der Waals surface area contributed by atoms with Crippen molar-refractivity contribution in [3.8, 4) is 6.07 Å². The first-order valence-corrected chi connectivity index (χ1v) is 6.56. The van der Waals surface area contributed by atoms with Crippen LogP contribution < -0.4 is 5.43 Å². The summed E-state index contributed by atoms with van der Waals surface area (Å²) in [6, 6.07) is 2.12. The van der Waals surface area contributed by atoms with Crippen LogP contribution in [0.3, 0.4) is 0 Å². The van der Waals surface area contributed by atoms with Crippen LogP contribution >= 0.6 is 11.8 Å². The van der Waals surface area contributed by atoms with E-state index in [0.29, 0.717) is 11.4 Å². The number of rotatable bonds is 0. The lowest BCUT2D eigenvalue weighted by molar-refractivity contribution is 0.246. The summed E-state index contributed by atoms with van der Waals surface area (Å²) in [5.74, 6) is 0.673. The van der Waals surface area contributed by atoms with Crippen molar-refractivity contribution in [3.63, 3.8) is 0 Å². The predicted molar refractivity (Wildman–Crippen MR) is 70.3 cm³/mol. The molecule has 0 aromatic rings. The Kier molecular flexibility index (Phi) is 2.98. The quantitative estimate of drug-likeness (QED) is 0.710. The number of amidine groups is 2. The Morgan fingerprint density at radius 3 is 2.76 bits per heavy atom. The van der Waals surface area contributed by atoms with Crippen molar-refractivity contribution in [2.24, 2.45) is 15.4 Å². The van der Waals surface area contributed by atoms with Gasteiger partial charge < -0.3 is 0 Å². The molecular weight excluding hydrogens is 234 g/mol. The van der Waals surface area contributed by atoms with Gasteiger partial charge in [-0.15, -0.1) is 0 Å². The van der Waals surface area contributed by atoms with Gasteiger partial charge in [0, 0.05) is 0 Å². The van der Waals surface area contributed by atoms with Gasteiger partial charge >= 0.3 is 0 Å². The zero-order valence-electron chi connectivity index (χ0n) is 10.4. The Bertz CT molecular complexity index is 463. The normalized spacial score (nSPS) is 23.6. The highest BCUT2D eigenvalue weighted by Gasteiger charge is 2.37. The lowest BCUT2D eigenvalue weighted by atomic mass is 9.93. The zero-order valence-corrected chi connectivity index (χ0v) is 11.2. The summed E-state index contributed by atoms with van der Waals surface area (Å²) in [5.41, 5.74) is 3.78. The van der Waals surface area contributed by atoms with Crippen molar-refractivity contribution in [2.75, 3.05) is 6.26 Å². The molecule has 0 fully saturated rings. The Labute approximate surface area is 105 Å². The molecule has 90 valence electrons. The summed E-state index contributed by atoms with van der Waals surface area (Å²) in [4.78, 5) is 8.82. The number of fused-ring (bicyclic) bond motifs is 1. The van der Waals surface area contributed by atoms with E-state index in [-0.39, 0.29) is 11.6 Å². The molecule has 0 aromatic heterocycles. The van der Waals surface area contributed by atoms with Crippen molar-refractivity contribution >= 4 is 22.8 Å². The van der Waals surface area contributed by atoms with Gasteiger partial charge in [0.25, 0.3) is 0 Å². The summed E-state index contributed by atoms with van der Waals surface area (Å²) in [5, 5.41) is 11.7. The van der Waals surface area contributed by atoms with Crippen LogP contribution in [0.15, 0.2) is 21.8 Å². The third-order valence-electron chi connectivity index (χ3n) is 2.57. The van der Waals surface area contributed by atoms with Gasteiger partial charge in [-0.3, -0.25) is 0 Å². The predicted octanol–water partition coefficient (Wildman–Crippen LogP) is 1.72. The fraction of sp³-hybridized carbons (Fsp3) is 0.545. The summed E-state index contributed by atoms with van der Waals surface area (Å²) in [6.45, 7) is 6.33. The van der Waals surface area contributed by atoms with Crippen LogP contribution in [0.4, 0.5) is 0 Å². The van der Waals surface area contributed by atoms with Gasteiger partial charge in [0.1, 0.15) is 17.8 Å². The monoisotopic (exact) mass is 249 g/mol. The van der Waals surface area contributed by atoms with E-state index in [1.807, 2.05) is 6.26 Å². The molecule has 2 aliphatic rings. The Morgan fingerprint density at radius 2 is 2.24 bits per heavy atom. The highest BCUT2D eigenvalue weighted by molar-refractivity contribution is 8.13. The summed E-state index contributed by atoms with van der Waals surface area (Å²) in [7, 11) is 0. The summed E-state index contributed by atoms with van der Waals surface area (Å²) >= 11 is 1.53. The van der Waals surface area contributed by atoms with Crippen molar-refractivity contribution in [2.45, 2.75) is 26.9 Å². The number of thioether (sulfide) groups is 1. The molecule has 2 rings (SSSR count). The molecule has 1 unspecified atom stereocenters. The number of nitrogens with one attached hydrogen (secondary N) is 1. The van der Waals surface area contributed by atoms with E-state index in [1.165, 1.54) is 11.8 Å². The Balaban J connectivity index is 2.38. The minimum atomic E-state index is -0.0373. The molecule has 1 N–H and O–H groups in total.